The molecule has 104 valence electrons. The lowest BCUT2D eigenvalue weighted by Crippen LogP contribution is -2.32. The molecule has 0 aliphatic heterocycles. The number of carboxylic acids is 1. The number of aromatic carboxylic acids is 1. The van der Waals surface area contributed by atoms with Crippen LogP contribution in [0.15, 0.2) is 12.3 Å². The normalized spacial score (nSPS) is 10.5. The fourth-order valence-corrected chi connectivity index (χ4v) is 1.99. The number of nitrogens with zero attached hydrogens (tertiary/aromatic N) is 3. The van der Waals surface area contributed by atoms with Gasteiger partial charge in [0.05, 0.1) is 4.92 Å². The highest BCUT2D eigenvalue weighted by Crippen LogP contribution is 2.24. The van der Waals surface area contributed by atoms with Crippen LogP contribution in [0.4, 0.5) is 11.5 Å². The predicted octanol–water partition coefficient (Wildman–Crippen LogP) is 2.31. The van der Waals surface area contributed by atoms with Crippen molar-refractivity contribution in [2.75, 3.05) is 11.9 Å². The summed E-state index contributed by atoms with van der Waals surface area (Å²) in [5.41, 5.74) is -0.470. The van der Waals surface area contributed by atoms with Gasteiger partial charge in [-0.15, -0.1) is 0 Å². The lowest BCUT2D eigenvalue weighted by atomic mass is 10.1. The number of nitro groups is 1. The molecule has 0 atom stereocenters. The molecule has 0 amide bonds. The van der Waals surface area contributed by atoms with Gasteiger partial charge in [0.2, 0.25) is 0 Å². The van der Waals surface area contributed by atoms with Gasteiger partial charge in [-0.05, 0) is 12.8 Å². The van der Waals surface area contributed by atoms with Crippen molar-refractivity contribution in [2.24, 2.45) is 0 Å². The van der Waals surface area contributed by atoms with E-state index in [2.05, 4.69) is 4.98 Å². The number of carboxylic acid groups (broad SMARTS) is 1. The van der Waals surface area contributed by atoms with Crippen LogP contribution < -0.4 is 4.90 Å². The van der Waals surface area contributed by atoms with Crippen LogP contribution in [0.25, 0.3) is 0 Å². The minimum absolute atomic E-state index is 0.145. The van der Waals surface area contributed by atoms with Crippen LogP contribution in [0.1, 0.15) is 37.0 Å². The molecule has 1 aromatic rings. The molecule has 1 N–H and O–H groups in total. The van der Waals surface area contributed by atoms with Crippen LogP contribution in [0.5, 0.6) is 0 Å². The molecule has 0 aromatic carbocycles. The standard InChI is InChI=1S/C12H17N3O4/c1-4-8(5-2)14(3)11-10(12(16)17)6-9(7-13-11)15(18)19/h6-8H,4-5H2,1-3H3,(H,16,17). The minimum atomic E-state index is -1.22. The maximum absolute atomic E-state index is 11.2. The molecule has 0 aliphatic rings. The van der Waals surface area contributed by atoms with Gasteiger partial charge in [0.1, 0.15) is 17.6 Å². The number of pyridine rings is 1. The first-order valence-corrected chi connectivity index (χ1v) is 6.02. The van der Waals surface area contributed by atoms with E-state index in [1.807, 2.05) is 13.8 Å². The summed E-state index contributed by atoms with van der Waals surface area (Å²) in [6, 6.07) is 1.19. The van der Waals surface area contributed by atoms with E-state index in [-0.39, 0.29) is 23.1 Å². The van der Waals surface area contributed by atoms with Crippen LogP contribution >= 0.6 is 0 Å². The van der Waals surface area contributed by atoms with E-state index >= 15 is 0 Å². The van der Waals surface area contributed by atoms with Crippen LogP contribution in [-0.4, -0.2) is 34.1 Å². The lowest BCUT2D eigenvalue weighted by molar-refractivity contribution is -0.385. The molecule has 1 rings (SSSR count). The zero-order valence-corrected chi connectivity index (χ0v) is 11.2. The zero-order valence-electron chi connectivity index (χ0n) is 11.2. The van der Waals surface area contributed by atoms with Crippen molar-refractivity contribution in [3.63, 3.8) is 0 Å². The Labute approximate surface area is 111 Å². The third-order valence-corrected chi connectivity index (χ3v) is 3.12. The first kappa shape index (κ1) is 14.9. The van der Waals surface area contributed by atoms with E-state index in [0.717, 1.165) is 25.1 Å². The maximum atomic E-state index is 11.2. The lowest BCUT2D eigenvalue weighted by Gasteiger charge is -2.28. The van der Waals surface area contributed by atoms with Crippen LogP contribution in [-0.2, 0) is 0 Å². The second kappa shape index (κ2) is 6.12. The van der Waals surface area contributed by atoms with Crippen molar-refractivity contribution in [3.8, 4) is 0 Å². The summed E-state index contributed by atoms with van der Waals surface area (Å²) < 4.78 is 0. The predicted molar refractivity (Wildman–Crippen MR) is 70.6 cm³/mol. The molecule has 1 aromatic heterocycles. The van der Waals surface area contributed by atoms with Gasteiger partial charge in [0.25, 0.3) is 5.69 Å². The topological polar surface area (TPSA) is 96.6 Å². The van der Waals surface area contributed by atoms with Gasteiger partial charge in [-0.25, -0.2) is 9.78 Å². The number of rotatable bonds is 6. The molecule has 0 saturated heterocycles. The Balaban J connectivity index is 3.27. The molecule has 0 aliphatic carbocycles. The Morgan fingerprint density at radius 2 is 2.11 bits per heavy atom. The van der Waals surface area contributed by atoms with Gasteiger partial charge in [0.15, 0.2) is 0 Å². The summed E-state index contributed by atoms with van der Waals surface area (Å²) >= 11 is 0. The highest BCUT2D eigenvalue weighted by molar-refractivity contribution is 5.94. The summed E-state index contributed by atoms with van der Waals surface area (Å²) in [6.45, 7) is 3.99. The van der Waals surface area contributed by atoms with Gasteiger partial charge in [-0.2, -0.15) is 0 Å². The molecule has 0 unspecified atom stereocenters. The van der Waals surface area contributed by atoms with Crippen molar-refractivity contribution in [3.05, 3.63) is 27.9 Å². The van der Waals surface area contributed by atoms with Gasteiger partial charge in [-0.1, -0.05) is 13.8 Å². The van der Waals surface area contributed by atoms with E-state index in [1.165, 1.54) is 0 Å². The fraction of sp³-hybridized carbons (Fsp3) is 0.500. The molecule has 7 nitrogen and oxygen atoms in total. The quantitative estimate of drug-likeness (QED) is 0.627. The molecular formula is C12H17N3O4. The molecule has 0 fully saturated rings. The third kappa shape index (κ3) is 3.18. The number of hydrogen-bond acceptors (Lipinski definition) is 5. The van der Waals surface area contributed by atoms with Crippen molar-refractivity contribution < 1.29 is 14.8 Å². The van der Waals surface area contributed by atoms with Crippen molar-refractivity contribution in [1.82, 2.24) is 4.98 Å². The molecular weight excluding hydrogens is 250 g/mol. The Morgan fingerprint density at radius 1 is 1.53 bits per heavy atom. The Hall–Kier alpha value is -2.18. The number of carbonyl (C=O) groups is 1. The SMILES string of the molecule is CCC(CC)N(C)c1ncc([N+](=O)[O-])cc1C(=O)O. The molecule has 0 bridgehead atoms. The van der Waals surface area contributed by atoms with E-state index < -0.39 is 10.9 Å². The zero-order chi connectivity index (χ0) is 14.6. The number of anilines is 1. The Kier molecular flexibility index (Phi) is 4.80. The smallest absolute Gasteiger partial charge is 0.339 e. The minimum Gasteiger partial charge on any atom is -0.478 e. The highest BCUT2D eigenvalue weighted by atomic mass is 16.6. The first-order chi connectivity index (χ1) is 8.92. The largest absolute Gasteiger partial charge is 0.478 e. The summed E-state index contributed by atoms with van der Waals surface area (Å²) in [5, 5.41) is 19.8. The van der Waals surface area contributed by atoms with Crippen LogP contribution in [0.2, 0.25) is 0 Å². The second-order valence-electron chi connectivity index (χ2n) is 4.21. The summed E-state index contributed by atoms with van der Waals surface area (Å²) in [4.78, 5) is 26.9. The van der Waals surface area contributed by atoms with E-state index in [9.17, 15) is 14.9 Å². The van der Waals surface area contributed by atoms with Gasteiger partial charge >= 0.3 is 5.97 Å². The van der Waals surface area contributed by atoms with Gasteiger partial charge < -0.3 is 10.0 Å². The van der Waals surface area contributed by atoms with E-state index in [1.54, 1.807) is 11.9 Å². The van der Waals surface area contributed by atoms with Crippen LogP contribution in [0, 0.1) is 10.1 Å². The summed E-state index contributed by atoms with van der Waals surface area (Å²) in [5.74, 6) is -0.962. The van der Waals surface area contributed by atoms with Crippen LogP contribution in [0.3, 0.4) is 0 Å². The van der Waals surface area contributed by atoms with Gasteiger partial charge in [-0.3, -0.25) is 10.1 Å². The van der Waals surface area contributed by atoms with Crippen molar-refractivity contribution in [1.29, 1.82) is 0 Å². The number of aromatic nitrogens is 1. The molecule has 7 heteroatoms. The number of hydrogen-bond donors (Lipinski definition) is 1. The summed E-state index contributed by atoms with van der Waals surface area (Å²) in [6.07, 6.45) is 2.76. The Bertz CT molecular complexity index is 486. The van der Waals surface area contributed by atoms with E-state index in [0.29, 0.717) is 0 Å². The third-order valence-electron chi connectivity index (χ3n) is 3.12. The van der Waals surface area contributed by atoms with Crippen molar-refractivity contribution >= 4 is 17.5 Å². The maximum Gasteiger partial charge on any atom is 0.339 e. The summed E-state index contributed by atoms with van der Waals surface area (Å²) in [7, 11) is 1.75. The monoisotopic (exact) mass is 267 g/mol. The van der Waals surface area contributed by atoms with E-state index in [4.69, 9.17) is 5.11 Å². The Morgan fingerprint density at radius 3 is 2.53 bits per heavy atom. The second-order valence-corrected chi connectivity index (χ2v) is 4.21. The first-order valence-electron chi connectivity index (χ1n) is 6.02. The highest BCUT2D eigenvalue weighted by Gasteiger charge is 2.22. The molecule has 0 saturated carbocycles. The molecule has 19 heavy (non-hydrogen) atoms. The van der Waals surface area contributed by atoms with Crippen molar-refractivity contribution in [2.45, 2.75) is 32.7 Å². The van der Waals surface area contributed by atoms with Gasteiger partial charge in [0, 0.05) is 19.2 Å². The average molecular weight is 267 g/mol. The fourth-order valence-electron chi connectivity index (χ4n) is 1.99. The average Bonchev–Trinajstić information content (AvgIpc) is 2.39. The molecule has 0 spiro atoms. The molecule has 1 heterocycles. The molecule has 0 radical (unpaired) electrons.